The van der Waals surface area contributed by atoms with Crippen molar-refractivity contribution < 1.29 is 9.90 Å². The van der Waals surface area contributed by atoms with E-state index in [1.54, 1.807) is 6.20 Å². The van der Waals surface area contributed by atoms with Crippen LogP contribution in [0.5, 0.6) is 0 Å². The van der Waals surface area contributed by atoms with Crippen LogP contribution >= 0.6 is 0 Å². The van der Waals surface area contributed by atoms with Crippen LogP contribution in [0, 0.1) is 5.92 Å². The molecule has 17 heavy (non-hydrogen) atoms. The van der Waals surface area contributed by atoms with Gasteiger partial charge in [0.05, 0.1) is 17.9 Å². The van der Waals surface area contributed by atoms with Gasteiger partial charge in [0.25, 0.3) is 0 Å². The molecular formula is C12H15N3O2. The van der Waals surface area contributed by atoms with Crippen molar-refractivity contribution in [1.82, 2.24) is 9.88 Å². The summed E-state index contributed by atoms with van der Waals surface area (Å²) in [5.41, 5.74) is 1.10. The second kappa shape index (κ2) is 3.91. The monoisotopic (exact) mass is 233 g/mol. The summed E-state index contributed by atoms with van der Waals surface area (Å²) < 4.78 is 0. The van der Waals surface area contributed by atoms with E-state index in [9.17, 15) is 4.79 Å². The van der Waals surface area contributed by atoms with Gasteiger partial charge in [0.15, 0.2) is 0 Å². The topological polar surface area (TPSA) is 56.7 Å². The second-order valence-electron chi connectivity index (χ2n) is 4.71. The zero-order valence-electron chi connectivity index (χ0n) is 9.49. The molecule has 2 fully saturated rings. The average Bonchev–Trinajstić information content (AvgIpc) is 2.32. The fraction of sp³-hybridized carbons (Fsp3) is 0.500. The molecule has 0 aromatic carbocycles. The molecule has 1 N–H and O–H groups in total. The summed E-state index contributed by atoms with van der Waals surface area (Å²) >= 11 is 0. The summed E-state index contributed by atoms with van der Waals surface area (Å²) in [7, 11) is 0. The molecular weight excluding hydrogens is 218 g/mol. The number of hydrogen-bond acceptors (Lipinski definition) is 3. The molecule has 2 atom stereocenters. The maximum atomic E-state index is 11.0. The highest BCUT2D eigenvalue weighted by atomic mass is 16.4. The van der Waals surface area contributed by atoms with Gasteiger partial charge in [-0.3, -0.25) is 4.98 Å². The summed E-state index contributed by atoms with van der Waals surface area (Å²) in [6, 6.07) is 4.28. The van der Waals surface area contributed by atoms with Crippen molar-refractivity contribution >= 4 is 11.8 Å². The molecule has 1 aromatic heterocycles. The lowest BCUT2D eigenvalue weighted by molar-refractivity contribution is 0.0945. The van der Waals surface area contributed by atoms with Gasteiger partial charge < -0.3 is 14.9 Å². The Morgan fingerprint density at radius 3 is 3.06 bits per heavy atom. The molecule has 90 valence electrons. The van der Waals surface area contributed by atoms with E-state index in [1.807, 2.05) is 18.3 Å². The predicted octanol–water partition coefficient (Wildman–Crippen LogP) is 1.27. The van der Waals surface area contributed by atoms with Crippen LogP contribution in [0.25, 0.3) is 0 Å². The largest absolute Gasteiger partial charge is 0.465 e. The van der Waals surface area contributed by atoms with E-state index in [0.717, 1.165) is 18.7 Å². The average molecular weight is 233 g/mol. The molecule has 0 saturated carbocycles. The third-order valence-electron chi connectivity index (χ3n) is 3.80. The number of piperidine rings is 1. The van der Waals surface area contributed by atoms with Gasteiger partial charge in [-0.25, -0.2) is 4.79 Å². The maximum Gasteiger partial charge on any atom is 0.407 e. The van der Waals surface area contributed by atoms with Crippen LogP contribution in [0.4, 0.5) is 10.5 Å². The molecule has 1 amide bonds. The normalized spacial score (nSPS) is 27.3. The Labute approximate surface area is 99.7 Å². The number of hydrogen-bond donors (Lipinski definition) is 1. The van der Waals surface area contributed by atoms with Crippen LogP contribution in [0.3, 0.4) is 0 Å². The Balaban J connectivity index is 1.73. The molecule has 5 heteroatoms. The Kier molecular flexibility index (Phi) is 2.39. The molecule has 2 aliphatic heterocycles. The van der Waals surface area contributed by atoms with E-state index < -0.39 is 6.09 Å². The first-order chi connectivity index (χ1) is 8.25. The van der Waals surface area contributed by atoms with E-state index in [0.29, 0.717) is 25.0 Å². The molecule has 0 aliphatic carbocycles. The highest BCUT2D eigenvalue weighted by Gasteiger charge is 2.43. The number of likely N-dealkylation sites (tertiary alicyclic amines) is 1. The summed E-state index contributed by atoms with van der Waals surface area (Å²) in [6.45, 7) is 2.33. The lowest BCUT2D eigenvalue weighted by atomic mass is 9.82. The maximum absolute atomic E-state index is 11.0. The number of pyridine rings is 1. The molecule has 2 saturated heterocycles. The van der Waals surface area contributed by atoms with Gasteiger partial charge in [-0.2, -0.15) is 0 Å². The van der Waals surface area contributed by atoms with Crippen molar-refractivity contribution in [2.24, 2.45) is 5.92 Å². The van der Waals surface area contributed by atoms with Gasteiger partial charge in [-0.05, 0) is 18.6 Å². The lowest BCUT2D eigenvalue weighted by Gasteiger charge is -2.54. The van der Waals surface area contributed by atoms with Crippen molar-refractivity contribution in [3.63, 3.8) is 0 Å². The predicted molar refractivity (Wildman–Crippen MR) is 63.1 cm³/mol. The summed E-state index contributed by atoms with van der Waals surface area (Å²) in [5, 5.41) is 9.02. The lowest BCUT2D eigenvalue weighted by Crippen LogP contribution is -2.65. The van der Waals surface area contributed by atoms with E-state index >= 15 is 0 Å². The van der Waals surface area contributed by atoms with Crippen molar-refractivity contribution in [3.05, 3.63) is 24.5 Å². The number of nitrogens with zero attached hydrogens (tertiary/aromatic N) is 3. The quantitative estimate of drug-likeness (QED) is 0.793. The van der Waals surface area contributed by atoms with E-state index in [4.69, 9.17) is 5.11 Å². The number of carbonyl (C=O) groups is 1. The minimum atomic E-state index is -0.804. The number of carboxylic acid groups (broad SMARTS) is 1. The number of fused-ring (bicyclic) bond motifs is 1. The number of amides is 1. The van der Waals surface area contributed by atoms with Gasteiger partial charge in [0, 0.05) is 31.7 Å². The highest BCUT2D eigenvalue weighted by Crippen LogP contribution is 2.35. The molecule has 0 bridgehead atoms. The smallest absolute Gasteiger partial charge is 0.407 e. The summed E-state index contributed by atoms with van der Waals surface area (Å²) in [6.07, 6.45) is 3.77. The van der Waals surface area contributed by atoms with Crippen LogP contribution in [0.2, 0.25) is 0 Å². The van der Waals surface area contributed by atoms with Gasteiger partial charge in [0.1, 0.15) is 0 Å². The standard InChI is InChI=1S/C12H15N3O2/c16-12(17)14-5-3-9-7-15(11(9)8-14)10-2-1-4-13-6-10/h1-2,4,6,9,11H,3,5,7-8H2,(H,16,17)/t9-,11-/m1/s1. The number of aromatic nitrogens is 1. The van der Waals surface area contributed by atoms with Crippen molar-refractivity contribution in [2.45, 2.75) is 12.5 Å². The number of anilines is 1. The minimum Gasteiger partial charge on any atom is -0.465 e. The molecule has 3 rings (SSSR count). The fourth-order valence-corrected chi connectivity index (χ4v) is 2.79. The Hall–Kier alpha value is -1.78. The zero-order chi connectivity index (χ0) is 11.8. The van der Waals surface area contributed by atoms with Crippen LogP contribution in [0.15, 0.2) is 24.5 Å². The number of rotatable bonds is 1. The van der Waals surface area contributed by atoms with E-state index in [1.165, 1.54) is 4.90 Å². The third-order valence-corrected chi connectivity index (χ3v) is 3.80. The molecule has 1 aromatic rings. The highest BCUT2D eigenvalue weighted by molar-refractivity contribution is 5.65. The van der Waals surface area contributed by atoms with Crippen LogP contribution in [0.1, 0.15) is 6.42 Å². The molecule has 2 aliphatic rings. The first-order valence-electron chi connectivity index (χ1n) is 5.90. The Morgan fingerprint density at radius 1 is 1.47 bits per heavy atom. The van der Waals surface area contributed by atoms with Crippen molar-refractivity contribution in [3.8, 4) is 0 Å². The molecule has 0 unspecified atom stereocenters. The van der Waals surface area contributed by atoms with Gasteiger partial charge >= 0.3 is 6.09 Å². The molecule has 5 nitrogen and oxygen atoms in total. The van der Waals surface area contributed by atoms with Gasteiger partial charge in [-0.1, -0.05) is 0 Å². The van der Waals surface area contributed by atoms with Gasteiger partial charge in [0.2, 0.25) is 0 Å². The first-order valence-corrected chi connectivity index (χ1v) is 5.90. The third kappa shape index (κ3) is 1.71. The SMILES string of the molecule is O=C(O)N1CC[C@@H]2CN(c3cccnc3)[C@@H]2C1. The van der Waals surface area contributed by atoms with Crippen molar-refractivity contribution in [2.75, 3.05) is 24.5 Å². The molecule has 0 spiro atoms. The second-order valence-corrected chi connectivity index (χ2v) is 4.71. The van der Waals surface area contributed by atoms with E-state index in [2.05, 4.69) is 9.88 Å². The van der Waals surface area contributed by atoms with Crippen molar-refractivity contribution in [1.29, 1.82) is 0 Å². The van der Waals surface area contributed by atoms with Crippen LogP contribution in [-0.2, 0) is 0 Å². The first kappa shape index (κ1) is 10.4. The minimum absolute atomic E-state index is 0.337. The Morgan fingerprint density at radius 2 is 2.35 bits per heavy atom. The Bertz CT molecular complexity index is 423. The van der Waals surface area contributed by atoms with Crippen LogP contribution in [-0.4, -0.2) is 46.8 Å². The molecule has 3 heterocycles. The molecule has 0 radical (unpaired) electrons. The summed E-state index contributed by atoms with van der Waals surface area (Å²) in [5.74, 6) is 0.644. The summed E-state index contributed by atoms with van der Waals surface area (Å²) in [4.78, 5) is 18.9. The zero-order valence-corrected chi connectivity index (χ0v) is 9.49. The fourth-order valence-electron chi connectivity index (χ4n) is 2.79. The van der Waals surface area contributed by atoms with E-state index in [-0.39, 0.29) is 0 Å². The van der Waals surface area contributed by atoms with Gasteiger partial charge in [-0.15, -0.1) is 0 Å². The van der Waals surface area contributed by atoms with Crippen LogP contribution < -0.4 is 4.90 Å².